The lowest BCUT2D eigenvalue weighted by molar-refractivity contribution is 0.0472. The van der Waals surface area contributed by atoms with Gasteiger partial charge in [-0.05, 0) is 37.1 Å². The van der Waals surface area contributed by atoms with E-state index in [9.17, 15) is 9.18 Å². The van der Waals surface area contributed by atoms with Crippen molar-refractivity contribution >= 4 is 27.7 Å². The van der Waals surface area contributed by atoms with E-state index < -0.39 is 5.97 Å². The van der Waals surface area contributed by atoms with E-state index in [2.05, 4.69) is 25.8 Å². The molecule has 2 heterocycles. The Kier molecular flexibility index (Phi) is 4.91. The smallest absolute Gasteiger partial charge is 0.342 e. The number of anilines is 1. The number of aromatic nitrogens is 1. The van der Waals surface area contributed by atoms with Crippen LogP contribution in [0.15, 0.2) is 41.0 Å². The Bertz CT molecular complexity index is 717. The van der Waals surface area contributed by atoms with Crippen LogP contribution in [0.4, 0.5) is 10.2 Å². The number of carbonyl (C=O) groups is 1. The van der Waals surface area contributed by atoms with Gasteiger partial charge in [0.25, 0.3) is 0 Å². The molecule has 0 atom stereocenters. The van der Waals surface area contributed by atoms with Crippen LogP contribution in [0.3, 0.4) is 0 Å². The normalized spacial score (nSPS) is 14.1. The van der Waals surface area contributed by atoms with Gasteiger partial charge in [-0.1, -0.05) is 22.0 Å². The number of rotatable bonds is 4. The van der Waals surface area contributed by atoms with Gasteiger partial charge in [0.05, 0.1) is 0 Å². The molecule has 3 rings (SSSR count). The molecule has 2 aromatic rings. The molecule has 6 heteroatoms. The number of halogens is 2. The van der Waals surface area contributed by atoms with Gasteiger partial charge in [-0.25, -0.2) is 14.2 Å². The predicted octanol–water partition coefficient (Wildman–Crippen LogP) is 3.94. The van der Waals surface area contributed by atoms with Crippen LogP contribution in [0.25, 0.3) is 0 Å². The van der Waals surface area contributed by atoms with Crippen LogP contribution in [0.2, 0.25) is 0 Å². The maximum absolute atomic E-state index is 13.1. The molecular weight excluding hydrogens is 363 g/mol. The first-order valence-electron chi connectivity index (χ1n) is 7.46. The van der Waals surface area contributed by atoms with Crippen molar-refractivity contribution in [3.63, 3.8) is 0 Å². The lowest BCUT2D eigenvalue weighted by atomic mass is 10.2. The van der Waals surface area contributed by atoms with Crippen LogP contribution >= 0.6 is 15.9 Å². The van der Waals surface area contributed by atoms with Gasteiger partial charge in [-0.15, -0.1) is 0 Å². The summed E-state index contributed by atoms with van der Waals surface area (Å²) in [6.45, 7) is 1.88. The summed E-state index contributed by atoms with van der Waals surface area (Å²) in [6.07, 6.45) is 3.89. The number of carbonyl (C=O) groups excluding carboxylic acids is 1. The molecule has 4 nitrogen and oxygen atoms in total. The average Bonchev–Trinajstić information content (AvgIpc) is 3.08. The molecule has 1 fully saturated rings. The summed E-state index contributed by atoms with van der Waals surface area (Å²) in [5.74, 6) is -0.0834. The summed E-state index contributed by atoms with van der Waals surface area (Å²) in [7, 11) is 0. The number of benzene rings is 1. The summed E-state index contributed by atoms with van der Waals surface area (Å²) >= 11 is 3.27. The zero-order chi connectivity index (χ0) is 16.2. The molecule has 0 amide bonds. The lowest BCUT2D eigenvalue weighted by Gasteiger charge is -2.19. The van der Waals surface area contributed by atoms with Crippen LogP contribution in [-0.2, 0) is 11.3 Å². The zero-order valence-corrected chi connectivity index (χ0v) is 14.1. The van der Waals surface area contributed by atoms with E-state index in [0.29, 0.717) is 21.4 Å². The van der Waals surface area contributed by atoms with Gasteiger partial charge in [-0.2, -0.15) is 0 Å². The lowest BCUT2D eigenvalue weighted by Crippen LogP contribution is -2.22. The van der Waals surface area contributed by atoms with Crippen molar-refractivity contribution in [1.82, 2.24) is 4.98 Å². The highest BCUT2D eigenvalue weighted by Crippen LogP contribution is 2.24. The molecule has 0 N–H and O–H groups in total. The summed E-state index contributed by atoms with van der Waals surface area (Å²) < 4.78 is 19.0. The van der Waals surface area contributed by atoms with E-state index in [-0.39, 0.29) is 12.4 Å². The maximum atomic E-state index is 13.1. The summed E-state index contributed by atoms with van der Waals surface area (Å²) in [6, 6.07) is 7.74. The molecular formula is C17H16BrFN2O2. The third-order valence-corrected chi connectivity index (χ3v) is 4.52. The first kappa shape index (κ1) is 15.9. The molecule has 0 radical (unpaired) electrons. The summed E-state index contributed by atoms with van der Waals surface area (Å²) in [5, 5.41) is 0. The van der Waals surface area contributed by atoms with E-state index in [1.807, 2.05) is 0 Å². The van der Waals surface area contributed by atoms with Crippen molar-refractivity contribution in [2.24, 2.45) is 0 Å². The number of ether oxygens (including phenoxy) is 1. The van der Waals surface area contributed by atoms with Crippen LogP contribution in [0.5, 0.6) is 0 Å². The minimum absolute atomic E-state index is 0.0774. The number of nitrogens with zero attached hydrogens (tertiary/aromatic N) is 2. The Morgan fingerprint density at radius 2 is 2.09 bits per heavy atom. The molecule has 0 unspecified atom stereocenters. The molecule has 1 saturated heterocycles. The maximum Gasteiger partial charge on any atom is 0.342 e. The fourth-order valence-electron chi connectivity index (χ4n) is 2.60. The monoisotopic (exact) mass is 378 g/mol. The Morgan fingerprint density at radius 1 is 1.30 bits per heavy atom. The van der Waals surface area contributed by atoms with Crippen molar-refractivity contribution in [3.8, 4) is 0 Å². The topological polar surface area (TPSA) is 42.4 Å². The van der Waals surface area contributed by atoms with E-state index in [0.717, 1.165) is 25.9 Å². The standard InChI is InChI=1S/C17H16BrFN2O2/c18-15-10-13(19)6-5-12(15)11-23-17(22)14-4-3-7-20-16(14)21-8-1-2-9-21/h3-7,10H,1-2,8-9,11H2. The van der Waals surface area contributed by atoms with Crippen molar-refractivity contribution in [2.45, 2.75) is 19.4 Å². The quantitative estimate of drug-likeness (QED) is 0.755. The van der Waals surface area contributed by atoms with Crippen LogP contribution in [-0.4, -0.2) is 24.0 Å². The van der Waals surface area contributed by atoms with Crippen molar-refractivity contribution < 1.29 is 13.9 Å². The van der Waals surface area contributed by atoms with Gasteiger partial charge >= 0.3 is 5.97 Å². The van der Waals surface area contributed by atoms with E-state index in [1.54, 1.807) is 24.4 Å². The predicted molar refractivity (Wildman–Crippen MR) is 88.9 cm³/mol. The van der Waals surface area contributed by atoms with Gasteiger partial charge in [-0.3, -0.25) is 0 Å². The zero-order valence-electron chi connectivity index (χ0n) is 12.5. The third kappa shape index (κ3) is 3.69. The Balaban J connectivity index is 1.73. The van der Waals surface area contributed by atoms with Crippen molar-refractivity contribution in [3.05, 3.63) is 57.9 Å². The molecule has 1 aliphatic heterocycles. The molecule has 0 aliphatic carbocycles. The minimum Gasteiger partial charge on any atom is -0.457 e. The molecule has 120 valence electrons. The van der Waals surface area contributed by atoms with Gasteiger partial charge in [0.1, 0.15) is 23.8 Å². The summed E-state index contributed by atoms with van der Waals surface area (Å²) in [4.78, 5) is 18.8. The van der Waals surface area contributed by atoms with Crippen molar-refractivity contribution in [1.29, 1.82) is 0 Å². The van der Waals surface area contributed by atoms with Gasteiger partial charge < -0.3 is 9.64 Å². The molecule has 0 spiro atoms. The molecule has 1 aromatic heterocycles. The van der Waals surface area contributed by atoms with E-state index in [1.165, 1.54) is 12.1 Å². The first-order chi connectivity index (χ1) is 11.1. The van der Waals surface area contributed by atoms with Crippen molar-refractivity contribution in [2.75, 3.05) is 18.0 Å². The van der Waals surface area contributed by atoms with Gasteiger partial charge in [0, 0.05) is 29.3 Å². The Morgan fingerprint density at radius 3 is 2.83 bits per heavy atom. The van der Waals surface area contributed by atoms with Crippen LogP contribution in [0.1, 0.15) is 28.8 Å². The number of hydrogen-bond donors (Lipinski definition) is 0. The second-order valence-corrected chi connectivity index (χ2v) is 6.23. The highest BCUT2D eigenvalue weighted by Gasteiger charge is 2.21. The molecule has 1 aromatic carbocycles. The molecule has 0 saturated carbocycles. The van der Waals surface area contributed by atoms with E-state index >= 15 is 0 Å². The molecule has 1 aliphatic rings. The highest BCUT2D eigenvalue weighted by molar-refractivity contribution is 9.10. The highest BCUT2D eigenvalue weighted by atomic mass is 79.9. The number of hydrogen-bond acceptors (Lipinski definition) is 4. The Hall–Kier alpha value is -1.95. The van der Waals surface area contributed by atoms with Gasteiger partial charge in [0.2, 0.25) is 0 Å². The van der Waals surface area contributed by atoms with Gasteiger partial charge in [0.15, 0.2) is 0 Å². The van der Waals surface area contributed by atoms with Crippen LogP contribution < -0.4 is 4.90 Å². The average molecular weight is 379 g/mol. The summed E-state index contributed by atoms with van der Waals surface area (Å²) in [5.41, 5.74) is 1.18. The number of pyridine rings is 1. The largest absolute Gasteiger partial charge is 0.457 e. The Labute approximate surface area is 142 Å². The van der Waals surface area contributed by atoms with E-state index in [4.69, 9.17) is 4.74 Å². The first-order valence-corrected chi connectivity index (χ1v) is 8.25. The van der Waals surface area contributed by atoms with Crippen LogP contribution in [0, 0.1) is 5.82 Å². The molecule has 0 bridgehead atoms. The second-order valence-electron chi connectivity index (χ2n) is 5.38. The second kappa shape index (κ2) is 7.08. The molecule has 23 heavy (non-hydrogen) atoms. The fourth-order valence-corrected chi connectivity index (χ4v) is 3.06. The SMILES string of the molecule is O=C(OCc1ccc(F)cc1Br)c1cccnc1N1CCCC1. The fraction of sp³-hybridized carbons (Fsp3) is 0.294. The minimum atomic E-state index is -0.420. The number of esters is 1. The third-order valence-electron chi connectivity index (χ3n) is 3.79.